The van der Waals surface area contributed by atoms with Gasteiger partial charge in [0.15, 0.2) is 0 Å². The van der Waals surface area contributed by atoms with Crippen molar-refractivity contribution in [2.24, 2.45) is 5.41 Å². The minimum absolute atomic E-state index is 0.0663. The third kappa shape index (κ3) is 3.43. The van der Waals surface area contributed by atoms with Gasteiger partial charge in [-0.15, -0.1) is 0 Å². The van der Waals surface area contributed by atoms with E-state index in [2.05, 4.69) is 18.7 Å². The summed E-state index contributed by atoms with van der Waals surface area (Å²) in [6.07, 6.45) is 1.87. The molecule has 0 spiro atoms. The largest absolute Gasteiger partial charge is 0.396 e. The summed E-state index contributed by atoms with van der Waals surface area (Å²) in [5.41, 5.74) is 0.912. The zero-order valence-electron chi connectivity index (χ0n) is 10.9. The Labute approximate surface area is 103 Å². The lowest BCUT2D eigenvalue weighted by Gasteiger charge is -2.35. The Hall–Kier alpha value is -1.09. The molecule has 0 saturated heterocycles. The number of hydrogen-bond donors (Lipinski definition) is 1. The van der Waals surface area contributed by atoms with Crippen LogP contribution in [0.4, 0.5) is 10.1 Å². The molecule has 17 heavy (non-hydrogen) atoms. The van der Waals surface area contributed by atoms with Gasteiger partial charge in [0.1, 0.15) is 5.82 Å². The maximum absolute atomic E-state index is 12.8. The molecule has 96 valence electrons. The minimum atomic E-state index is -0.221. The van der Waals surface area contributed by atoms with E-state index in [4.69, 9.17) is 0 Å². The van der Waals surface area contributed by atoms with Crippen molar-refractivity contribution in [3.63, 3.8) is 0 Å². The molecule has 3 heteroatoms. The van der Waals surface area contributed by atoms with Crippen LogP contribution in [0.2, 0.25) is 0 Å². The van der Waals surface area contributed by atoms with Crippen LogP contribution in [-0.2, 0) is 0 Å². The van der Waals surface area contributed by atoms with Crippen molar-refractivity contribution in [1.29, 1.82) is 0 Å². The molecule has 0 amide bonds. The summed E-state index contributed by atoms with van der Waals surface area (Å²) in [5.74, 6) is -0.221. The van der Waals surface area contributed by atoms with Gasteiger partial charge in [-0.1, -0.05) is 13.8 Å². The number of aliphatic hydroxyl groups excluding tert-OH is 1. The Kier molecular flexibility index (Phi) is 4.94. The lowest BCUT2D eigenvalue weighted by atomic mass is 9.82. The highest BCUT2D eigenvalue weighted by molar-refractivity contribution is 5.45. The monoisotopic (exact) mass is 239 g/mol. The van der Waals surface area contributed by atoms with Gasteiger partial charge in [0.05, 0.1) is 6.61 Å². The fourth-order valence-electron chi connectivity index (χ4n) is 2.04. The lowest BCUT2D eigenvalue weighted by molar-refractivity contribution is 0.121. The van der Waals surface area contributed by atoms with Crippen molar-refractivity contribution in [1.82, 2.24) is 0 Å². The SMILES string of the molecule is CCC(CC)(CO)CN(C)c1ccc(F)cc1. The molecule has 0 bridgehead atoms. The molecule has 0 aliphatic heterocycles. The van der Waals surface area contributed by atoms with E-state index in [0.717, 1.165) is 25.1 Å². The summed E-state index contributed by atoms with van der Waals surface area (Å²) < 4.78 is 12.8. The van der Waals surface area contributed by atoms with Gasteiger partial charge in [-0.3, -0.25) is 0 Å². The van der Waals surface area contributed by atoms with Crippen LogP contribution >= 0.6 is 0 Å². The molecular weight excluding hydrogens is 217 g/mol. The molecule has 0 aromatic heterocycles. The Morgan fingerprint density at radius 1 is 1.18 bits per heavy atom. The van der Waals surface area contributed by atoms with Gasteiger partial charge < -0.3 is 10.0 Å². The summed E-state index contributed by atoms with van der Waals surface area (Å²) in [6.45, 7) is 5.16. The van der Waals surface area contributed by atoms with Gasteiger partial charge in [0.2, 0.25) is 0 Å². The Bertz CT molecular complexity index is 324. The highest BCUT2D eigenvalue weighted by Gasteiger charge is 2.27. The Balaban J connectivity index is 2.76. The second-order valence-corrected chi connectivity index (χ2v) is 4.70. The first kappa shape index (κ1) is 14.0. The molecule has 0 heterocycles. The fourth-order valence-corrected chi connectivity index (χ4v) is 2.04. The molecular formula is C14H22FNO. The lowest BCUT2D eigenvalue weighted by Crippen LogP contribution is -2.37. The van der Waals surface area contributed by atoms with Gasteiger partial charge in [-0.25, -0.2) is 4.39 Å². The molecule has 1 aromatic rings. The molecule has 0 aliphatic rings. The Morgan fingerprint density at radius 3 is 2.12 bits per heavy atom. The molecule has 0 unspecified atom stereocenters. The highest BCUT2D eigenvalue weighted by atomic mass is 19.1. The maximum Gasteiger partial charge on any atom is 0.123 e. The fraction of sp³-hybridized carbons (Fsp3) is 0.571. The van der Waals surface area contributed by atoms with Crippen LogP contribution in [0.3, 0.4) is 0 Å². The number of hydrogen-bond acceptors (Lipinski definition) is 2. The summed E-state index contributed by atoms with van der Waals surface area (Å²) >= 11 is 0. The second-order valence-electron chi connectivity index (χ2n) is 4.70. The van der Waals surface area contributed by atoms with Crippen molar-refractivity contribution in [2.45, 2.75) is 26.7 Å². The topological polar surface area (TPSA) is 23.5 Å². The summed E-state index contributed by atoms with van der Waals surface area (Å²) in [7, 11) is 1.98. The van der Waals surface area contributed by atoms with Crippen LogP contribution in [0.25, 0.3) is 0 Å². The average Bonchev–Trinajstić information content (AvgIpc) is 2.37. The molecule has 1 aromatic carbocycles. The van der Waals surface area contributed by atoms with Gasteiger partial charge in [0.25, 0.3) is 0 Å². The number of anilines is 1. The minimum Gasteiger partial charge on any atom is -0.396 e. The smallest absolute Gasteiger partial charge is 0.123 e. The summed E-state index contributed by atoms with van der Waals surface area (Å²) in [4.78, 5) is 2.07. The molecule has 1 rings (SSSR count). The normalized spacial score (nSPS) is 11.6. The molecule has 0 radical (unpaired) electrons. The molecule has 2 nitrogen and oxygen atoms in total. The summed E-state index contributed by atoms with van der Waals surface area (Å²) in [5, 5.41) is 9.53. The van der Waals surface area contributed by atoms with Crippen LogP contribution in [-0.4, -0.2) is 25.3 Å². The van der Waals surface area contributed by atoms with Gasteiger partial charge in [0, 0.05) is 24.7 Å². The van der Waals surface area contributed by atoms with Crippen molar-refractivity contribution in [3.05, 3.63) is 30.1 Å². The first-order chi connectivity index (χ1) is 8.06. The maximum atomic E-state index is 12.8. The van der Waals surface area contributed by atoms with Crippen LogP contribution in [0.1, 0.15) is 26.7 Å². The first-order valence-corrected chi connectivity index (χ1v) is 6.14. The van der Waals surface area contributed by atoms with Crippen LogP contribution < -0.4 is 4.90 Å². The molecule has 0 atom stereocenters. The van der Waals surface area contributed by atoms with Gasteiger partial charge in [-0.2, -0.15) is 0 Å². The van der Waals surface area contributed by atoms with E-state index in [1.807, 2.05) is 7.05 Å². The van der Waals surface area contributed by atoms with E-state index in [-0.39, 0.29) is 17.8 Å². The molecule has 0 saturated carbocycles. The van der Waals surface area contributed by atoms with Crippen molar-refractivity contribution < 1.29 is 9.50 Å². The molecule has 0 fully saturated rings. The van der Waals surface area contributed by atoms with Crippen LogP contribution in [0.5, 0.6) is 0 Å². The number of benzene rings is 1. The van der Waals surface area contributed by atoms with E-state index in [9.17, 15) is 9.50 Å². The average molecular weight is 239 g/mol. The Morgan fingerprint density at radius 2 is 1.71 bits per heavy atom. The zero-order valence-corrected chi connectivity index (χ0v) is 10.9. The van der Waals surface area contributed by atoms with E-state index < -0.39 is 0 Å². The molecule has 1 N–H and O–H groups in total. The van der Waals surface area contributed by atoms with Crippen molar-refractivity contribution in [3.8, 4) is 0 Å². The van der Waals surface area contributed by atoms with E-state index in [1.54, 1.807) is 12.1 Å². The van der Waals surface area contributed by atoms with E-state index >= 15 is 0 Å². The third-order valence-corrected chi connectivity index (χ3v) is 3.68. The predicted octanol–water partition coefficient (Wildman–Crippen LogP) is 3.06. The molecule has 0 aliphatic carbocycles. The first-order valence-electron chi connectivity index (χ1n) is 6.14. The number of nitrogens with zero attached hydrogens (tertiary/aromatic N) is 1. The van der Waals surface area contributed by atoms with Crippen LogP contribution in [0.15, 0.2) is 24.3 Å². The highest BCUT2D eigenvalue weighted by Crippen LogP contribution is 2.28. The van der Waals surface area contributed by atoms with E-state index in [0.29, 0.717) is 0 Å². The van der Waals surface area contributed by atoms with Crippen molar-refractivity contribution in [2.75, 3.05) is 25.1 Å². The quantitative estimate of drug-likeness (QED) is 0.824. The van der Waals surface area contributed by atoms with Crippen molar-refractivity contribution >= 4 is 5.69 Å². The number of rotatable bonds is 6. The zero-order chi connectivity index (χ0) is 12.9. The number of halogens is 1. The van der Waals surface area contributed by atoms with E-state index in [1.165, 1.54) is 12.1 Å². The standard InChI is InChI=1S/C14H22FNO/c1-4-14(5-2,11-17)10-16(3)13-8-6-12(15)7-9-13/h6-9,17H,4-5,10-11H2,1-3H3. The van der Waals surface area contributed by atoms with Gasteiger partial charge >= 0.3 is 0 Å². The third-order valence-electron chi connectivity index (χ3n) is 3.68. The number of aliphatic hydroxyl groups is 1. The summed E-state index contributed by atoms with van der Waals surface area (Å²) in [6, 6.07) is 6.46. The van der Waals surface area contributed by atoms with Gasteiger partial charge in [-0.05, 0) is 37.1 Å². The van der Waals surface area contributed by atoms with Crippen LogP contribution in [0, 0.1) is 11.2 Å². The predicted molar refractivity (Wildman–Crippen MR) is 69.8 cm³/mol. The second kappa shape index (κ2) is 6.01.